The normalized spacial score (nSPS) is 47.3. The first-order chi connectivity index (χ1) is 6.34. The Bertz CT molecular complexity index is 210. The summed E-state index contributed by atoms with van der Waals surface area (Å²) in [5.41, 5.74) is 6.72. The summed E-state index contributed by atoms with van der Waals surface area (Å²) in [4.78, 5) is 0. The quantitative estimate of drug-likeness (QED) is 0.617. The van der Waals surface area contributed by atoms with E-state index >= 15 is 0 Å². The van der Waals surface area contributed by atoms with Crippen molar-refractivity contribution >= 4 is 0 Å². The molecule has 3 aliphatic rings. The topological polar surface area (TPSA) is 35.2 Å². The van der Waals surface area contributed by atoms with E-state index in [1.54, 1.807) is 0 Å². The van der Waals surface area contributed by atoms with Gasteiger partial charge in [-0.2, -0.15) is 0 Å². The van der Waals surface area contributed by atoms with Crippen LogP contribution in [-0.4, -0.2) is 18.8 Å². The minimum Gasteiger partial charge on any atom is -0.377 e. The first-order valence-corrected chi connectivity index (χ1v) is 5.72. The second-order valence-corrected chi connectivity index (χ2v) is 5.06. The zero-order valence-corrected chi connectivity index (χ0v) is 8.17. The predicted octanol–water partition coefficient (Wildman–Crippen LogP) is 1.68. The Balaban J connectivity index is 1.82. The summed E-state index contributed by atoms with van der Waals surface area (Å²) in [6, 6.07) is 0.459. The molecule has 0 aromatic heterocycles. The van der Waals surface area contributed by atoms with E-state index in [-0.39, 0.29) is 0 Å². The van der Waals surface area contributed by atoms with Gasteiger partial charge in [0.2, 0.25) is 0 Å². The zero-order valence-electron chi connectivity index (χ0n) is 8.17. The lowest BCUT2D eigenvalue weighted by molar-refractivity contribution is -0.196. The van der Waals surface area contributed by atoms with Gasteiger partial charge in [-0.05, 0) is 25.7 Å². The largest absolute Gasteiger partial charge is 0.377 e. The minimum atomic E-state index is 0.422. The zero-order chi connectivity index (χ0) is 8.89. The van der Waals surface area contributed by atoms with Crippen molar-refractivity contribution in [2.75, 3.05) is 6.61 Å². The van der Waals surface area contributed by atoms with E-state index in [2.05, 4.69) is 0 Å². The molecule has 2 N–H and O–H groups in total. The highest BCUT2D eigenvalue weighted by atomic mass is 16.5. The van der Waals surface area contributed by atoms with Crippen LogP contribution >= 0.6 is 0 Å². The fraction of sp³-hybridized carbons (Fsp3) is 1.00. The molecule has 0 aromatic carbocycles. The predicted molar refractivity (Wildman–Crippen MR) is 51.3 cm³/mol. The molecule has 2 heteroatoms. The second-order valence-electron chi connectivity index (χ2n) is 5.06. The maximum absolute atomic E-state index is 6.29. The Morgan fingerprint density at radius 1 is 1.15 bits per heavy atom. The van der Waals surface area contributed by atoms with E-state index in [0.717, 1.165) is 6.61 Å². The molecule has 3 atom stereocenters. The van der Waals surface area contributed by atoms with Gasteiger partial charge in [0.25, 0.3) is 0 Å². The van der Waals surface area contributed by atoms with Gasteiger partial charge < -0.3 is 10.5 Å². The van der Waals surface area contributed by atoms with Gasteiger partial charge in [-0.1, -0.05) is 12.8 Å². The molecule has 3 fully saturated rings. The van der Waals surface area contributed by atoms with Crippen LogP contribution in [-0.2, 0) is 4.74 Å². The number of ether oxygens (including phenoxy) is 1. The van der Waals surface area contributed by atoms with Crippen LogP contribution in [0, 0.1) is 11.3 Å². The molecule has 0 aromatic rings. The Kier molecular flexibility index (Phi) is 1.72. The van der Waals surface area contributed by atoms with Gasteiger partial charge in [-0.25, -0.2) is 0 Å². The molecule has 0 bridgehead atoms. The Morgan fingerprint density at radius 3 is 2.69 bits per heavy atom. The van der Waals surface area contributed by atoms with Gasteiger partial charge in [0.1, 0.15) is 0 Å². The summed E-state index contributed by atoms with van der Waals surface area (Å²) in [7, 11) is 0. The van der Waals surface area contributed by atoms with Crippen LogP contribution in [0.2, 0.25) is 0 Å². The molecule has 1 spiro atoms. The summed E-state index contributed by atoms with van der Waals surface area (Å²) in [5.74, 6) is 0.701. The fourth-order valence-electron chi connectivity index (χ4n) is 3.91. The van der Waals surface area contributed by atoms with Gasteiger partial charge in [0, 0.05) is 24.0 Å². The van der Waals surface area contributed by atoms with Crippen molar-refractivity contribution in [2.24, 2.45) is 17.1 Å². The van der Waals surface area contributed by atoms with Gasteiger partial charge in [0.15, 0.2) is 0 Å². The number of fused-ring (bicyclic) bond motifs is 2. The number of rotatable bonds is 0. The lowest BCUT2D eigenvalue weighted by Crippen LogP contribution is -2.69. The van der Waals surface area contributed by atoms with Crippen LogP contribution in [0.4, 0.5) is 0 Å². The molecule has 3 rings (SSSR count). The first kappa shape index (κ1) is 8.25. The SMILES string of the molecule is N[C@@H]1[C@@H]2CCCO[C@@H]2C12CCCC2. The number of hydrogen-bond donors (Lipinski definition) is 1. The van der Waals surface area contributed by atoms with E-state index < -0.39 is 0 Å². The van der Waals surface area contributed by atoms with Gasteiger partial charge in [-0.3, -0.25) is 0 Å². The van der Waals surface area contributed by atoms with Crippen molar-refractivity contribution in [3.8, 4) is 0 Å². The summed E-state index contributed by atoms with van der Waals surface area (Å²) < 4.78 is 5.91. The molecule has 74 valence electrons. The number of hydrogen-bond acceptors (Lipinski definition) is 2. The third kappa shape index (κ3) is 0.909. The fourth-order valence-corrected chi connectivity index (χ4v) is 3.91. The van der Waals surface area contributed by atoms with Gasteiger partial charge >= 0.3 is 0 Å². The van der Waals surface area contributed by atoms with Crippen LogP contribution < -0.4 is 5.73 Å². The van der Waals surface area contributed by atoms with Crippen molar-refractivity contribution in [3.63, 3.8) is 0 Å². The summed E-state index contributed by atoms with van der Waals surface area (Å²) in [6.07, 6.45) is 8.49. The molecule has 1 saturated heterocycles. The highest BCUT2D eigenvalue weighted by Gasteiger charge is 2.61. The summed E-state index contributed by atoms with van der Waals surface area (Å²) >= 11 is 0. The van der Waals surface area contributed by atoms with Crippen LogP contribution in [0.15, 0.2) is 0 Å². The monoisotopic (exact) mass is 181 g/mol. The van der Waals surface area contributed by atoms with Crippen molar-refractivity contribution in [1.82, 2.24) is 0 Å². The van der Waals surface area contributed by atoms with Crippen molar-refractivity contribution < 1.29 is 4.74 Å². The third-order valence-electron chi connectivity index (χ3n) is 4.59. The van der Waals surface area contributed by atoms with E-state index in [0.29, 0.717) is 23.5 Å². The number of nitrogens with two attached hydrogens (primary N) is 1. The molecular formula is C11H19NO. The molecule has 2 nitrogen and oxygen atoms in total. The highest BCUT2D eigenvalue weighted by Crippen LogP contribution is 2.58. The molecular weight excluding hydrogens is 162 g/mol. The van der Waals surface area contributed by atoms with Crippen LogP contribution in [0.1, 0.15) is 38.5 Å². The average Bonchev–Trinajstić information content (AvgIpc) is 2.68. The Hall–Kier alpha value is -0.0800. The van der Waals surface area contributed by atoms with Crippen molar-refractivity contribution in [3.05, 3.63) is 0 Å². The lowest BCUT2D eigenvalue weighted by Gasteiger charge is -2.60. The van der Waals surface area contributed by atoms with Gasteiger partial charge in [-0.15, -0.1) is 0 Å². The molecule has 2 saturated carbocycles. The Morgan fingerprint density at radius 2 is 1.92 bits per heavy atom. The van der Waals surface area contributed by atoms with Gasteiger partial charge in [0.05, 0.1) is 6.10 Å². The summed E-state index contributed by atoms with van der Waals surface area (Å²) in [6.45, 7) is 0.982. The standard InChI is InChI=1S/C11H19NO/c12-9-8-4-3-7-13-10(8)11(9)5-1-2-6-11/h8-10H,1-7,12H2/t8-,9+,10-/m0/s1. The first-order valence-electron chi connectivity index (χ1n) is 5.72. The smallest absolute Gasteiger partial charge is 0.0689 e. The highest BCUT2D eigenvalue weighted by molar-refractivity contribution is 5.14. The Labute approximate surface area is 79.8 Å². The van der Waals surface area contributed by atoms with Crippen LogP contribution in [0.25, 0.3) is 0 Å². The maximum atomic E-state index is 6.29. The molecule has 0 unspecified atom stereocenters. The minimum absolute atomic E-state index is 0.422. The average molecular weight is 181 g/mol. The van der Waals surface area contributed by atoms with Crippen LogP contribution in [0.3, 0.4) is 0 Å². The second kappa shape index (κ2) is 2.71. The van der Waals surface area contributed by atoms with E-state index in [1.807, 2.05) is 0 Å². The molecule has 13 heavy (non-hydrogen) atoms. The van der Waals surface area contributed by atoms with E-state index in [4.69, 9.17) is 10.5 Å². The molecule has 0 amide bonds. The lowest BCUT2D eigenvalue weighted by atomic mass is 9.53. The van der Waals surface area contributed by atoms with E-state index in [9.17, 15) is 0 Å². The maximum Gasteiger partial charge on any atom is 0.0689 e. The molecule has 0 radical (unpaired) electrons. The molecule has 2 aliphatic carbocycles. The van der Waals surface area contributed by atoms with Crippen molar-refractivity contribution in [2.45, 2.75) is 50.7 Å². The third-order valence-corrected chi connectivity index (χ3v) is 4.59. The van der Waals surface area contributed by atoms with Crippen LogP contribution in [0.5, 0.6) is 0 Å². The summed E-state index contributed by atoms with van der Waals surface area (Å²) in [5, 5.41) is 0. The molecule has 1 aliphatic heterocycles. The van der Waals surface area contributed by atoms with E-state index in [1.165, 1.54) is 38.5 Å². The molecule has 1 heterocycles. The van der Waals surface area contributed by atoms with Crippen molar-refractivity contribution in [1.29, 1.82) is 0 Å².